The van der Waals surface area contributed by atoms with Crippen molar-refractivity contribution in [3.8, 4) is 0 Å². The number of benzene rings is 6. The van der Waals surface area contributed by atoms with Gasteiger partial charge in [-0.25, -0.2) is 0 Å². The molecule has 0 unspecified atom stereocenters. The molecule has 0 amide bonds. The summed E-state index contributed by atoms with van der Waals surface area (Å²) < 4.78 is 13.2. The topological polar surface area (TPSA) is 52.6 Å². The molecule has 4 nitrogen and oxygen atoms in total. The first-order valence-electron chi connectivity index (χ1n) is 15.5. The quantitative estimate of drug-likeness (QED) is 0.132. The number of rotatable bonds is 12. The molecule has 0 heterocycles. The fourth-order valence-corrected chi connectivity index (χ4v) is 11.7. The highest BCUT2D eigenvalue weighted by molar-refractivity contribution is 8.30. The van der Waals surface area contributed by atoms with Crippen molar-refractivity contribution in [3.63, 3.8) is 0 Å². The summed E-state index contributed by atoms with van der Waals surface area (Å²) in [6.07, 6.45) is 0.431. The molecule has 0 atom stereocenters. The maximum atomic E-state index is 13.8. The zero-order chi connectivity index (χ0) is 32.4. The summed E-state index contributed by atoms with van der Waals surface area (Å²) >= 11 is 0. The van der Waals surface area contributed by atoms with Crippen LogP contribution in [0.25, 0.3) is 0 Å². The Balaban J connectivity index is 1.26. The average molecular weight is 657 g/mol. The Morgan fingerprint density at radius 1 is 0.340 bits per heavy atom. The van der Waals surface area contributed by atoms with E-state index in [-0.39, 0.29) is 24.8 Å². The van der Waals surface area contributed by atoms with Gasteiger partial charge in [-0.15, -0.1) is 0 Å². The van der Waals surface area contributed by atoms with Crippen molar-refractivity contribution in [2.24, 2.45) is 0 Å². The molecule has 0 fully saturated rings. The largest absolute Gasteiger partial charge is 0.402 e. The van der Waals surface area contributed by atoms with Crippen LogP contribution in [0, 0.1) is 0 Å². The molecule has 0 saturated heterocycles. The Morgan fingerprint density at radius 3 is 0.723 bits per heavy atom. The van der Waals surface area contributed by atoms with E-state index in [1.54, 1.807) is 0 Å². The van der Waals surface area contributed by atoms with E-state index < -0.39 is 20.6 Å². The van der Waals surface area contributed by atoms with Crippen LogP contribution in [0.3, 0.4) is 0 Å². The van der Waals surface area contributed by atoms with E-state index in [2.05, 4.69) is 0 Å². The second-order valence-corrected chi connectivity index (χ2v) is 16.1. The summed E-state index contributed by atoms with van der Waals surface area (Å²) in [4.78, 5) is 33.1. The van der Waals surface area contributed by atoms with Gasteiger partial charge in [0.25, 0.3) is 0 Å². The van der Waals surface area contributed by atoms with Crippen LogP contribution in [-0.2, 0) is 18.0 Å². The van der Waals surface area contributed by atoms with Gasteiger partial charge in [-0.05, 0) is 99.8 Å². The summed E-state index contributed by atoms with van der Waals surface area (Å²) in [5.41, 5.74) is 0. The van der Waals surface area contributed by atoms with E-state index in [1.165, 1.54) is 0 Å². The van der Waals surface area contributed by atoms with Crippen LogP contribution in [0.15, 0.2) is 211 Å². The third-order valence-corrected chi connectivity index (χ3v) is 14.1. The van der Waals surface area contributed by atoms with Crippen molar-refractivity contribution in [1.82, 2.24) is 0 Å². The van der Waals surface area contributed by atoms with Gasteiger partial charge in [-0.3, -0.25) is 9.59 Å². The minimum absolute atomic E-state index is 0.0701. The van der Waals surface area contributed by atoms with Crippen molar-refractivity contribution in [1.29, 1.82) is 0 Å². The van der Waals surface area contributed by atoms with Gasteiger partial charge < -0.3 is 8.37 Å². The molecule has 6 rings (SSSR count). The molecule has 6 heteroatoms. The molecule has 0 aliphatic carbocycles. The summed E-state index contributed by atoms with van der Waals surface area (Å²) in [5, 5.41) is 0. The van der Waals surface area contributed by atoms with E-state index in [9.17, 15) is 9.59 Å². The molecule has 0 aliphatic heterocycles. The van der Waals surface area contributed by atoms with Crippen molar-refractivity contribution in [3.05, 3.63) is 182 Å². The lowest BCUT2D eigenvalue weighted by molar-refractivity contribution is -0.135. The van der Waals surface area contributed by atoms with E-state index in [0.29, 0.717) is 6.42 Å². The molecule has 0 saturated carbocycles. The fraction of sp³-hybridized carbons (Fsp3) is 0.0732. The van der Waals surface area contributed by atoms with Crippen LogP contribution in [-0.4, -0.2) is 11.9 Å². The van der Waals surface area contributed by atoms with E-state index >= 15 is 0 Å². The fourth-order valence-electron chi connectivity index (χ4n) is 5.52. The molecule has 0 aromatic heterocycles. The molecule has 47 heavy (non-hydrogen) atoms. The molecular weight excluding hydrogens is 621 g/mol. The number of hydrogen-bond acceptors (Lipinski definition) is 4. The first kappa shape index (κ1) is 31.9. The lowest BCUT2D eigenvalue weighted by Gasteiger charge is -2.40. The zero-order valence-electron chi connectivity index (χ0n) is 25.9. The van der Waals surface area contributed by atoms with Gasteiger partial charge >= 0.3 is 11.9 Å². The van der Waals surface area contributed by atoms with Gasteiger partial charge in [0.2, 0.25) is 0 Å². The van der Waals surface area contributed by atoms with Crippen molar-refractivity contribution >= 4 is 32.6 Å². The van der Waals surface area contributed by atoms with Gasteiger partial charge in [-0.2, -0.15) is 0 Å². The number of carbonyl (C=O) groups is 2. The Morgan fingerprint density at radius 2 is 0.532 bits per heavy atom. The summed E-state index contributed by atoms with van der Waals surface area (Å²) in [7, 11) is -4.76. The van der Waals surface area contributed by atoms with Crippen LogP contribution < -0.4 is 0 Å². The Labute approximate surface area is 280 Å². The summed E-state index contributed by atoms with van der Waals surface area (Å²) in [5.74, 6) is -0.728. The van der Waals surface area contributed by atoms with Crippen LogP contribution in [0.1, 0.15) is 19.3 Å². The van der Waals surface area contributed by atoms with Crippen molar-refractivity contribution in [2.75, 3.05) is 0 Å². The van der Waals surface area contributed by atoms with Crippen LogP contribution in [0.2, 0.25) is 0 Å². The molecule has 236 valence electrons. The molecule has 6 aromatic carbocycles. The van der Waals surface area contributed by atoms with Crippen molar-refractivity contribution in [2.45, 2.75) is 48.6 Å². The molecular formula is C41H36O4S2. The predicted octanol–water partition coefficient (Wildman–Crippen LogP) is 11.0. The Bertz CT molecular complexity index is 1540. The molecule has 6 aromatic rings. The second kappa shape index (κ2) is 15.0. The molecule has 0 bridgehead atoms. The highest BCUT2D eigenvalue weighted by Gasteiger charge is 2.37. The molecule has 0 spiro atoms. The minimum Gasteiger partial charge on any atom is -0.402 e. The van der Waals surface area contributed by atoms with Crippen LogP contribution in [0.5, 0.6) is 0 Å². The van der Waals surface area contributed by atoms with Gasteiger partial charge in [-0.1, -0.05) is 109 Å². The lowest BCUT2D eigenvalue weighted by atomic mass is 10.2. The van der Waals surface area contributed by atoms with E-state index in [0.717, 1.165) is 29.4 Å². The normalized spacial score (nSPS) is 12.1. The second-order valence-electron chi connectivity index (χ2n) is 10.8. The maximum Gasteiger partial charge on any atom is 0.317 e. The SMILES string of the molecule is O=C(CCCC(=O)OS(c1ccccc1)(c1ccccc1)c1ccccc1)OS(c1ccccc1)(c1ccccc1)c1ccccc1. The Hall–Kier alpha value is -5.04. The highest BCUT2D eigenvalue weighted by Crippen LogP contribution is 2.70. The molecule has 0 aliphatic rings. The van der Waals surface area contributed by atoms with Crippen molar-refractivity contribution < 1.29 is 18.0 Å². The van der Waals surface area contributed by atoms with Crippen LogP contribution in [0.4, 0.5) is 0 Å². The standard InChI is InChI=1S/C41H36O4S2/c42-40(44-46(34-20-7-1-8-21-34,35-22-9-2-10-23-35)36-24-11-3-12-25-36)32-19-33-41(43)45-47(37-26-13-4-14-27-37,38-28-15-5-16-29-38)39-30-17-6-18-31-39/h1-18,20-31H,19,32-33H2. The van der Waals surface area contributed by atoms with E-state index in [1.807, 2.05) is 182 Å². The first-order chi connectivity index (χ1) is 23.1. The highest BCUT2D eigenvalue weighted by atomic mass is 32.3. The number of hydrogen-bond donors (Lipinski definition) is 0. The third kappa shape index (κ3) is 6.89. The van der Waals surface area contributed by atoms with Crippen LogP contribution >= 0.6 is 20.6 Å². The zero-order valence-corrected chi connectivity index (χ0v) is 27.5. The van der Waals surface area contributed by atoms with E-state index in [4.69, 9.17) is 8.37 Å². The average Bonchev–Trinajstić information content (AvgIpc) is 3.15. The van der Waals surface area contributed by atoms with Gasteiger partial charge in [0, 0.05) is 42.2 Å². The van der Waals surface area contributed by atoms with Gasteiger partial charge in [0.1, 0.15) is 0 Å². The van der Waals surface area contributed by atoms with Gasteiger partial charge in [0.15, 0.2) is 0 Å². The third-order valence-electron chi connectivity index (χ3n) is 7.65. The molecule has 0 N–H and O–H groups in total. The summed E-state index contributed by atoms with van der Waals surface area (Å²) in [6, 6.07) is 59.5. The summed E-state index contributed by atoms with van der Waals surface area (Å²) in [6.45, 7) is 0. The number of carbonyl (C=O) groups excluding carboxylic acids is 2. The smallest absolute Gasteiger partial charge is 0.317 e. The monoisotopic (exact) mass is 656 g/mol. The lowest BCUT2D eigenvalue weighted by Crippen LogP contribution is -2.15. The predicted molar refractivity (Wildman–Crippen MR) is 189 cm³/mol. The Kier molecular flexibility index (Phi) is 10.2. The van der Waals surface area contributed by atoms with Gasteiger partial charge in [0.05, 0.1) is 0 Å². The minimum atomic E-state index is -2.38. The molecule has 0 radical (unpaired) electrons. The maximum absolute atomic E-state index is 13.8. The first-order valence-corrected chi connectivity index (χ1v) is 18.7.